The highest BCUT2D eigenvalue weighted by Crippen LogP contribution is 2.23. The van der Waals surface area contributed by atoms with Gasteiger partial charge in [-0.1, -0.05) is 11.6 Å². The number of nitrogens with one attached hydrogen (secondary N) is 1. The van der Waals surface area contributed by atoms with E-state index in [0.29, 0.717) is 0 Å². The lowest BCUT2D eigenvalue weighted by molar-refractivity contribution is 0.596. The number of hydrogen-bond acceptors (Lipinski definition) is 4. The van der Waals surface area contributed by atoms with Gasteiger partial charge >= 0.3 is 0 Å². The first-order chi connectivity index (χ1) is 8.90. The van der Waals surface area contributed by atoms with Crippen molar-refractivity contribution >= 4 is 33.0 Å². The van der Waals surface area contributed by atoms with Crippen LogP contribution in [-0.2, 0) is 10.0 Å². The monoisotopic (exact) mass is 301 g/mol. The van der Waals surface area contributed by atoms with Crippen LogP contribution in [0.5, 0.6) is 0 Å². The molecule has 100 valence electrons. The fourth-order valence-electron chi connectivity index (χ4n) is 1.34. The number of halogens is 2. The van der Waals surface area contributed by atoms with Gasteiger partial charge in [0, 0.05) is 6.20 Å². The van der Waals surface area contributed by atoms with Crippen molar-refractivity contribution in [2.24, 2.45) is 0 Å². The quantitative estimate of drug-likeness (QED) is 0.672. The molecule has 3 N–H and O–H groups in total. The van der Waals surface area contributed by atoms with Crippen LogP contribution in [0, 0.1) is 5.82 Å². The summed E-state index contributed by atoms with van der Waals surface area (Å²) >= 11 is 5.74. The fraction of sp³-hybridized carbons (Fsp3) is 0. The van der Waals surface area contributed by atoms with E-state index in [4.69, 9.17) is 17.3 Å². The molecule has 0 atom stereocenters. The summed E-state index contributed by atoms with van der Waals surface area (Å²) in [5.41, 5.74) is 5.27. The van der Waals surface area contributed by atoms with Gasteiger partial charge in [-0.05, 0) is 30.3 Å². The van der Waals surface area contributed by atoms with E-state index in [2.05, 4.69) is 9.71 Å². The third-order valence-corrected chi connectivity index (χ3v) is 3.95. The minimum atomic E-state index is -3.95. The van der Waals surface area contributed by atoms with Crippen molar-refractivity contribution in [3.8, 4) is 0 Å². The summed E-state index contributed by atoms with van der Waals surface area (Å²) in [7, 11) is -3.95. The minimum absolute atomic E-state index is 0.00184. The molecular formula is C11H9ClFN3O2S. The Morgan fingerprint density at radius 2 is 2.05 bits per heavy atom. The zero-order valence-electron chi connectivity index (χ0n) is 9.47. The molecule has 0 aliphatic heterocycles. The first-order valence-corrected chi connectivity index (χ1v) is 6.94. The number of nitrogens with zero attached hydrogens (tertiary/aromatic N) is 1. The van der Waals surface area contributed by atoms with Crippen LogP contribution in [0.25, 0.3) is 0 Å². The highest BCUT2D eigenvalue weighted by atomic mass is 35.5. The van der Waals surface area contributed by atoms with Gasteiger partial charge in [0.05, 0.1) is 16.3 Å². The van der Waals surface area contributed by atoms with Crippen molar-refractivity contribution in [2.75, 3.05) is 10.5 Å². The molecule has 0 unspecified atom stereocenters. The first kappa shape index (κ1) is 13.6. The van der Waals surface area contributed by atoms with Crippen LogP contribution in [-0.4, -0.2) is 13.4 Å². The molecule has 0 radical (unpaired) electrons. The van der Waals surface area contributed by atoms with E-state index < -0.39 is 15.8 Å². The number of sulfonamides is 1. The van der Waals surface area contributed by atoms with Crippen LogP contribution in [0.4, 0.5) is 15.8 Å². The van der Waals surface area contributed by atoms with Gasteiger partial charge in [-0.2, -0.15) is 0 Å². The molecule has 0 aliphatic rings. The molecule has 0 aliphatic carbocycles. The Morgan fingerprint density at radius 1 is 1.32 bits per heavy atom. The third-order valence-electron chi connectivity index (χ3n) is 2.29. The maximum Gasteiger partial charge on any atom is 0.262 e. The number of anilines is 2. The summed E-state index contributed by atoms with van der Waals surface area (Å²) in [6.45, 7) is 0. The summed E-state index contributed by atoms with van der Waals surface area (Å²) in [4.78, 5) is 3.48. The topological polar surface area (TPSA) is 85.1 Å². The Kier molecular flexibility index (Phi) is 3.59. The fourth-order valence-corrected chi connectivity index (χ4v) is 2.64. The Balaban J connectivity index is 2.38. The van der Waals surface area contributed by atoms with Crippen LogP contribution in [0.2, 0.25) is 5.15 Å². The van der Waals surface area contributed by atoms with Gasteiger partial charge in [-0.25, -0.2) is 17.8 Å². The van der Waals surface area contributed by atoms with E-state index >= 15 is 0 Å². The lowest BCUT2D eigenvalue weighted by Gasteiger charge is -2.09. The number of aromatic nitrogens is 1. The normalized spacial score (nSPS) is 11.3. The molecule has 19 heavy (non-hydrogen) atoms. The SMILES string of the molecule is Nc1ccc(S(=O)(=O)Nc2cccnc2Cl)cc1F. The number of benzene rings is 1. The van der Waals surface area contributed by atoms with Gasteiger partial charge < -0.3 is 5.73 Å². The second-order valence-electron chi connectivity index (χ2n) is 3.63. The molecule has 8 heteroatoms. The molecule has 0 bridgehead atoms. The Bertz CT molecular complexity index is 722. The van der Waals surface area contributed by atoms with Gasteiger partial charge in [-0.3, -0.25) is 4.72 Å². The predicted molar refractivity (Wildman–Crippen MR) is 70.9 cm³/mol. The molecule has 0 fully saturated rings. The van der Waals surface area contributed by atoms with E-state index in [1.165, 1.54) is 30.5 Å². The molecule has 0 saturated carbocycles. The molecule has 0 amide bonds. The number of nitrogen functional groups attached to an aromatic ring is 1. The Morgan fingerprint density at radius 3 is 2.68 bits per heavy atom. The largest absolute Gasteiger partial charge is 0.396 e. The number of pyridine rings is 1. The second kappa shape index (κ2) is 5.02. The van der Waals surface area contributed by atoms with Crippen LogP contribution >= 0.6 is 11.6 Å². The first-order valence-electron chi connectivity index (χ1n) is 5.08. The summed E-state index contributed by atoms with van der Waals surface area (Å²) in [5.74, 6) is -0.805. The van der Waals surface area contributed by atoms with Crippen molar-refractivity contribution in [3.05, 3.63) is 47.5 Å². The highest BCUT2D eigenvalue weighted by Gasteiger charge is 2.17. The van der Waals surface area contributed by atoms with Crippen LogP contribution in [0.1, 0.15) is 0 Å². The maximum absolute atomic E-state index is 13.3. The standard InChI is InChI=1S/C11H9ClFN3O2S/c12-11-10(2-1-5-15-11)16-19(17,18)7-3-4-9(14)8(13)6-7/h1-6,16H,14H2. The van der Waals surface area contributed by atoms with Crippen molar-refractivity contribution in [1.29, 1.82) is 0 Å². The summed E-state index contributed by atoms with van der Waals surface area (Å²) < 4.78 is 39.5. The Labute approximate surface area is 114 Å². The highest BCUT2D eigenvalue weighted by molar-refractivity contribution is 7.92. The smallest absolute Gasteiger partial charge is 0.262 e. The Hall–Kier alpha value is -1.86. The molecule has 2 rings (SSSR count). The zero-order valence-corrected chi connectivity index (χ0v) is 11.0. The van der Waals surface area contributed by atoms with E-state index in [9.17, 15) is 12.8 Å². The molecule has 0 saturated heterocycles. The van der Waals surface area contributed by atoms with Crippen molar-refractivity contribution < 1.29 is 12.8 Å². The summed E-state index contributed by atoms with van der Waals surface area (Å²) in [5, 5.41) is 0.00184. The molecule has 0 spiro atoms. The lowest BCUT2D eigenvalue weighted by Crippen LogP contribution is -2.14. The van der Waals surface area contributed by atoms with Crippen LogP contribution in [0.15, 0.2) is 41.4 Å². The van der Waals surface area contributed by atoms with Crippen molar-refractivity contribution in [2.45, 2.75) is 4.90 Å². The number of rotatable bonds is 3. The number of hydrogen-bond donors (Lipinski definition) is 2. The third kappa shape index (κ3) is 2.94. The molecular weight excluding hydrogens is 293 g/mol. The molecule has 1 aromatic heterocycles. The average Bonchev–Trinajstić information content (AvgIpc) is 2.35. The summed E-state index contributed by atoms with van der Waals surface area (Å²) in [6, 6.07) is 6.18. The van der Waals surface area contributed by atoms with E-state index in [-0.39, 0.29) is 21.4 Å². The molecule has 1 heterocycles. The van der Waals surface area contributed by atoms with E-state index in [1.54, 1.807) is 0 Å². The van der Waals surface area contributed by atoms with Crippen LogP contribution < -0.4 is 10.5 Å². The zero-order chi connectivity index (χ0) is 14.0. The number of nitrogens with two attached hydrogens (primary N) is 1. The average molecular weight is 302 g/mol. The summed E-state index contributed by atoms with van der Waals surface area (Å²) in [6.07, 6.45) is 1.42. The lowest BCUT2D eigenvalue weighted by atomic mass is 10.3. The predicted octanol–water partition coefficient (Wildman–Crippen LogP) is 2.26. The molecule has 5 nitrogen and oxygen atoms in total. The molecule has 1 aromatic carbocycles. The van der Waals surface area contributed by atoms with Crippen LogP contribution in [0.3, 0.4) is 0 Å². The van der Waals surface area contributed by atoms with Gasteiger partial charge in [-0.15, -0.1) is 0 Å². The molecule has 2 aromatic rings. The van der Waals surface area contributed by atoms with Gasteiger partial charge in [0.2, 0.25) is 0 Å². The maximum atomic E-state index is 13.3. The van der Waals surface area contributed by atoms with Gasteiger partial charge in [0.15, 0.2) is 5.15 Å². The van der Waals surface area contributed by atoms with Gasteiger partial charge in [0.1, 0.15) is 5.82 Å². The minimum Gasteiger partial charge on any atom is -0.396 e. The van der Waals surface area contributed by atoms with Crippen molar-refractivity contribution in [3.63, 3.8) is 0 Å². The second-order valence-corrected chi connectivity index (χ2v) is 5.67. The van der Waals surface area contributed by atoms with Gasteiger partial charge in [0.25, 0.3) is 10.0 Å². The van der Waals surface area contributed by atoms with Crippen molar-refractivity contribution in [1.82, 2.24) is 4.98 Å². The van der Waals surface area contributed by atoms with E-state index in [1.807, 2.05) is 0 Å². The van der Waals surface area contributed by atoms with E-state index in [0.717, 1.165) is 6.07 Å².